The lowest BCUT2D eigenvalue weighted by Crippen LogP contribution is -2.47. The summed E-state index contributed by atoms with van der Waals surface area (Å²) in [6.07, 6.45) is 4.98. The number of hydrogen-bond acceptors (Lipinski definition) is 5. The quantitative estimate of drug-likeness (QED) is 0.374. The molecule has 2 aliphatic heterocycles. The van der Waals surface area contributed by atoms with Crippen molar-refractivity contribution in [2.75, 3.05) is 33.4 Å². The first kappa shape index (κ1) is 22.4. The number of hydrogen-bond donors (Lipinski definition) is 1. The third kappa shape index (κ3) is 6.60. The van der Waals surface area contributed by atoms with Crippen molar-refractivity contribution in [3.05, 3.63) is 17.5 Å². The summed E-state index contributed by atoms with van der Waals surface area (Å²) in [6.45, 7) is 8.34. The Morgan fingerprint density at radius 2 is 2.15 bits per heavy atom. The maximum atomic E-state index is 6.05. The van der Waals surface area contributed by atoms with Gasteiger partial charge in [-0.25, -0.2) is 0 Å². The molecule has 0 saturated carbocycles. The molecule has 1 aromatic heterocycles. The van der Waals surface area contributed by atoms with Gasteiger partial charge in [0.25, 0.3) is 0 Å². The molecule has 0 aromatic carbocycles. The van der Waals surface area contributed by atoms with Crippen LogP contribution >= 0.6 is 24.0 Å². The van der Waals surface area contributed by atoms with Crippen LogP contribution in [-0.2, 0) is 16.0 Å². The van der Waals surface area contributed by atoms with E-state index in [9.17, 15) is 0 Å². The number of likely N-dealkylation sites (tertiary alicyclic amines) is 1. The van der Waals surface area contributed by atoms with Gasteiger partial charge in [0.05, 0.1) is 31.1 Å². The highest BCUT2D eigenvalue weighted by molar-refractivity contribution is 14.0. The smallest absolute Gasteiger partial charge is 0.194 e. The molecule has 3 rings (SSSR count). The highest BCUT2D eigenvalue weighted by Crippen LogP contribution is 2.18. The van der Waals surface area contributed by atoms with Gasteiger partial charge in [-0.15, -0.1) is 24.0 Å². The van der Waals surface area contributed by atoms with E-state index in [4.69, 9.17) is 14.0 Å². The molecule has 0 bridgehead atoms. The van der Waals surface area contributed by atoms with Crippen molar-refractivity contribution in [1.82, 2.24) is 15.4 Å². The first-order valence-corrected chi connectivity index (χ1v) is 9.80. The average molecular weight is 492 g/mol. The molecular formula is C19H33IN4O3. The zero-order valence-electron chi connectivity index (χ0n) is 16.6. The molecular weight excluding hydrogens is 459 g/mol. The zero-order chi connectivity index (χ0) is 18.4. The van der Waals surface area contributed by atoms with E-state index in [1.807, 2.05) is 13.1 Å². The van der Waals surface area contributed by atoms with Crippen molar-refractivity contribution >= 4 is 29.9 Å². The second-order valence-electron chi connectivity index (χ2n) is 7.43. The van der Waals surface area contributed by atoms with Gasteiger partial charge in [-0.05, 0) is 31.6 Å². The number of aliphatic imine (C=N–C) groups is 1. The molecule has 1 N–H and O–H groups in total. The Balaban J connectivity index is 0.00000261. The molecule has 0 amide bonds. The minimum atomic E-state index is 0. The monoisotopic (exact) mass is 492 g/mol. The van der Waals surface area contributed by atoms with Crippen LogP contribution in [-0.4, -0.2) is 61.6 Å². The topological polar surface area (TPSA) is 72.1 Å². The highest BCUT2D eigenvalue weighted by atomic mass is 127. The molecule has 7 nitrogen and oxygen atoms in total. The van der Waals surface area contributed by atoms with Crippen LogP contribution in [0.3, 0.4) is 0 Å². The van der Waals surface area contributed by atoms with Crippen LogP contribution in [0.1, 0.15) is 56.9 Å². The van der Waals surface area contributed by atoms with Crippen LogP contribution in [0.5, 0.6) is 0 Å². The van der Waals surface area contributed by atoms with Gasteiger partial charge in [-0.2, -0.15) is 0 Å². The van der Waals surface area contributed by atoms with E-state index in [1.165, 1.54) is 0 Å². The predicted molar refractivity (Wildman–Crippen MR) is 116 cm³/mol. The largest absolute Gasteiger partial charge is 0.376 e. The van der Waals surface area contributed by atoms with Gasteiger partial charge >= 0.3 is 0 Å². The van der Waals surface area contributed by atoms with E-state index in [-0.39, 0.29) is 24.0 Å². The van der Waals surface area contributed by atoms with Crippen molar-refractivity contribution in [2.45, 2.75) is 64.2 Å². The van der Waals surface area contributed by atoms with E-state index in [2.05, 4.69) is 34.2 Å². The highest BCUT2D eigenvalue weighted by Gasteiger charge is 2.24. The van der Waals surface area contributed by atoms with Crippen LogP contribution in [0.2, 0.25) is 0 Å². The number of ether oxygens (including phenoxy) is 2. The van der Waals surface area contributed by atoms with Gasteiger partial charge in [0.15, 0.2) is 11.7 Å². The summed E-state index contributed by atoms with van der Waals surface area (Å²) in [7, 11) is 1.82. The van der Waals surface area contributed by atoms with E-state index in [0.29, 0.717) is 24.7 Å². The SMILES string of the molecule is CN=C(NCc1cc(C(C)C)no1)N1CCC(OCC2CCCO2)CC1.I. The molecule has 1 aromatic rings. The fourth-order valence-corrected chi connectivity index (χ4v) is 3.44. The Hall–Kier alpha value is -0.870. The van der Waals surface area contributed by atoms with Crippen LogP contribution < -0.4 is 5.32 Å². The summed E-state index contributed by atoms with van der Waals surface area (Å²) in [6, 6.07) is 2.01. The van der Waals surface area contributed by atoms with Gasteiger partial charge in [-0.3, -0.25) is 4.99 Å². The predicted octanol–water partition coefficient (Wildman–Crippen LogP) is 3.15. The van der Waals surface area contributed by atoms with E-state index < -0.39 is 0 Å². The van der Waals surface area contributed by atoms with Gasteiger partial charge in [0, 0.05) is 32.8 Å². The molecule has 154 valence electrons. The minimum absolute atomic E-state index is 0. The molecule has 2 saturated heterocycles. The molecule has 2 aliphatic rings. The Bertz CT molecular complexity index is 579. The molecule has 8 heteroatoms. The summed E-state index contributed by atoms with van der Waals surface area (Å²) in [5, 5.41) is 7.48. The molecule has 3 heterocycles. The third-order valence-corrected chi connectivity index (χ3v) is 5.08. The molecule has 0 spiro atoms. The van der Waals surface area contributed by atoms with Crippen LogP contribution in [0.25, 0.3) is 0 Å². The van der Waals surface area contributed by atoms with Crippen molar-refractivity contribution in [3.63, 3.8) is 0 Å². The summed E-state index contributed by atoms with van der Waals surface area (Å²) in [5.41, 5.74) is 0.987. The van der Waals surface area contributed by atoms with E-state index in [1.54, 1.807) is 0 Å². The van der Waals surface area contributed by atoms with E-state index >= 15 is 0 Å². The number of guanidine groups is 1. The van der Waals surface area contributed by atoms with E-state index in [0.717, 1.165) is 69.4 Å². The van der Waals surface area contributed by atoms with Crippen LogP contribution in [0.15, 0.2) is 15.6 Å². The Morgan fingerprint density at radius 1 is 1.37 bits per heavy atom. The van der Waals surface area contributed by atoms with Crippen molar-refractivity contribution in [1.29, 1.82) is 0 Å². The maximum Gasteiger partial charge on any atom is 0.194 e. The maximum absolute atomic E-state index is 6.05. The molecule has 0 radical (unpaired) electrons. The van der Waals surface area contributed by atoms with Gasteiger partial charge < -0.3 is 24.2 Å². The minimum Gasteiger partial charge on any atom is -0.376 e. The molecule has 2 fully saturated rings. The normalized spacial score (nSPS) is 21.6. The number of nitrogens with zero attached hydrogens (tertiary/aromatic N) is 3. The molecule has 1 atom stereocenters. The van der Waals surface area contributed by atoms with Crippen molar-refractivity contribution in [3.8, 4) is 0 Å². The number of rotatable bonds is 6. The summed E-state index contributed by atoms with van der Waals surface area (Å²) in [5.74, 6) is 2.12. The lowest BCUT2D eigenvalue weighted by Gasteiger charge is -2.34. The van der Waals surface area contributed by atoms with Gasteiger partial charge in [0.1, 0.15) is 0 Å². The second kappa shape index (κ2) is 11.2. The fourth-order valence-electron chi connectivity index (χ4n) is 3.44. The zero-order valence-corrected chi connectivity index (χ0v) is 19.0. The fraction of sp³-hybridized carbons (Fsp3) is 0.789. The number of piperidine rings is 1. The summed E-state index contributed by atoms with van der Waals surface area (Å²) >= 11 is 0. The first-order valence-electron chi connectivity index (χ1n) is 9.80. The average Bonchev–Trinajstić information content (AvgIpc) is 3.33. The summed E-state index contributed by atoms with van der Waals surface area (Å²) in [4.78, 5) is 6.69. The van der Waals surface area contributed by atoms with Gasteiger partial charge in [-0.1, -0.05) is 19.0 Å². The lowest BCUT2D eigenvalue weighted by molar-refractivity contribution is -0.0367. The molecule has 0 aliphatic carbocycles. The lowest BCUT2D eigenvalue weighted by atomic mass is 10.1. The standard InChI is InChI=1S/C19H32N4O3.HI/c1-14(2)18-11-17(26-22-18)12-21-19(20-3)23-8-6-15(7-9-23)25-13-16-5-4-10-24-16;/h11,14-16H,4-10,12-13H2,1-3H3,(H,20,21);1H. The molecule has 27 heavy (non-hydrogen) atoms. The third-order valence-electron chi connectivity index (χ3n) is 5.08. The van der Waals surface area contributed by atoms with Gasteiger partial charge in [0.2, 0.25) is 0 Å². The van der Waals surface area contributed by atoms with Crippen molar-refractivity contribution < 1.29 is 14.0 Å². The van der Waals surface area contributed by atoms with Crippen LogP contribution in [0.4, 0.5) is 0 Å². The first-order chi connectivity index (χ1) is 12.7. The second-order valence-corrected chi connectivity index (χ2v) is 7.43. The van der Waals surface area contributed by atoms with Crippen LogP contribution in [0, 0.1) is 0 Å². The molecule has 1 unspecified atom stereocenters. The number of aromatic nitrogens is 1. The number of halogens is 1. The number of nitrogens with one attached hydrogen (secondary N) is 1. The Morgan fingerprint density at radius 3 is 2.74 bits per heavy atom. The summed E-state index contributed by atoms with van der Waals surface area (Å²) < 4.78 is 17.1. The van der Waals surface area contributed by atoms with Crippen molar-refractivity contribution in [2.24, 2.45) is 4.99 Å². The Kier molecular flexibility index (Phi) is 9.31. The Labute approximate surface area is 179 Å².